The molecular weight excluding hydrogens is 641 g/mol. The summed E-state index contributed by atoms with van der Waals surface area (Å²) in [6.07, 6.45) is 3.74. The van der Waals surface area contributed by atoms with Gasteiger partial charge in [0.05, 0.1) is 0 Å². The summed E-state index contributed by atoms with van der Waals surface area (Å²) < 4.78 is 0. The van der Waals surface area contributed by atoms with Crippen LogP contribution in [0, 0.1) is 19.1 Å². The minimum Gasteiger partial charge on any atom is -0.305 e. The van der Waals surface area contributed by atoms with E-state index in [0.717, 1.165) is 22.2 Å². The molecule has 0 bridgehead atoms. The third-order valence-corrected chi connectivity index (χ3v) is 7.02. The molecule has 0 aliphatic heterocycles. The van der Waals surface area contributed by atoms with Gasteiger partial charge in [-0.05, 0) is 62.1 Å². The van der Waals surface area contributed by atoms with E-state index in [-0.39, 0.29) is 20.1 Å². The van der Waals surface area contributed by atoms with Crippen molar-refractivity contribution >= 4 is 54.0 Å². The summed E-state index contributed by atoms with van der Waals surface area (Å²) in [4.78, 5) is 9.00. The molecule has 8 rings (SSSR count). The van der Waals surface area contributed by atoms with Crippen LogP contribution < -0.4 is 0 Å². The summed E-state index contributed by atoms with van der Waals surface area (Å²) >= 11 is 0. The number of aryl methyl sites for hydroxylation is 1. The van der Waals surface area contributed by atoms with E-state index in [1.165, 1.54) is 48.7 Å². The Morgan fingerprint density at radius 3 is 2.03 bits per heavy atom. The van der Waals surface area contributed by atoms with Gasteiger partial charge >= 0.3 is 0 Å². The van der Waals surface area contributed by atoms with E-state index in [1.807, 2.05) is 54.7 Å². The SMILES string of the molecule is Cc1cnc2c3[c-]ccc4c5ccccc5c5cccc(c2c1)c5c34.[Ir].[c-]1ccccc1-c1ccccn1. The summed E-state index contributed by atoms with van der Waals surface area (Å²) in [7, 11) is 0. The molecule has 8 aromatic rings. The number of hydrogen-bond donors (Lipinski definition) is 0. The number of hydrogen-bond acceptors (Lipinski definition) is 2. The molecule has 0 N–H and O–H groups in total. The van der Waals surface area contributed by atoms with Crippen LogP contribution in [-0.2, 0) is 20.1 Å². The molecule has 0 atom stereocenters. The first kappa shape index (κ1) is 24.2. The molecule has 0 saturated heterocycles. The average Bonchev–Trinajstić information content (AvgIpc) is 2.98. The maximum Gasteiger partial charge on any atom is 0.0190 e. The summed E-state index contributed by atoms with van der Waals surface area (Å²) in [5.74, 6) is 0. The number of aromatic nitrogens is 2. The van der Waals surface area contributed by atoms with E-state index in [2.05, 4.69) is 78.6 Å². The zero-order valence-corrected chi connectivity index (χ0v) is 23.1. The molecular formula is C35H22IrN2-2. The van der Waals surface area contributed by atoms with Crippen molar-refractivity contribution in [3.63, 3.8) is 0 Å². The van der Waals surface area contributed by atoms with Crippen LogP contribution in [-0.4, -0.2) is 9.97 Å². The molecule has 3 heteroatoms. The van der Waals surface area contributed by atoms with Crippen molar-refractivity contribution in [3.05, 3.63) is 133 Å². The minimum atomic E-state index is 0. The van der Waals surface area contributed by atoms with Crippen molar-refractivity contribution in [3.8, 4) is 11.3 Å². The molecule has 0 aliphatic carbocycles. The molecule has 0 spiro atoms. The van der Waals surface area contributed by atoms with Gasteiger partial charge in [0.1, 0.15) is 0 Å². The maximum absolute atomic E-state index is 4.78. The Morgan fingerprint density at radius 1 is 0.579 bits per heavy atom. The number of nitrogens with zero attached hydrogens (tertiary/aromatic N) is 2. The summed E-state index contributed by atoms with van der Waals surface area (Å²) in [6, 6.07) is 42.1. The third-order valence-electron chi connectivity index (χ3n) is 7.02. The Labute approximate surface area is 234 Å². The summed E-state index contributed by atoms with van der Waals surface area (Å²) in [5.41, 5.74) is 4.25. The standard InChI is InChI=1S/C24H14N.C11H8N.Ir/c1-14-12-21-19-10-4-8-17-15-6-2-3-7-16(15)18-9-5-11-20(23(18)22(17)19)24(21)25-13-14;1-2-6-10(7-3-1)11-8-4-5-9-12-11;/h2-10,12-13H,1H3;1-6,8-9H;/q2*-1;. The molecule has 0 amide bonds. The van der Waals surface area contributed by atoms with Gasteiger partial charge in [-0.2, -0.15) is 0 Å². The van der Waals surface area contributed by atoms with Crippen LogP contribution in [0.3, 0.4) is 0 Å². The Kier molecular flexibility index (Phi) is 6.33. The van der Waals surface area contributed by atoms with E-state index in [1.54, 1.807) is 6.20 Å². The van der Waals surface area contributed by atoms with Crippen LogP contribution in [0.1, 0.15) is 5.56 Å². The van der Waals surface area contributed by atoms with Crippen molar-refractivity contribution in [1.82, 2.24) is 9.97 Å². The number of fused-ring (bicyclic) bond motifs is 6. The van der Waals surface area contributed by atoms with Gasteiger partial charge in [0.15, 0.2) is 0 Å². The van der Waals surface area contributed by atoms with Gasteiger partial charge < -0.3 is 9.97 Å². The van der Waals surface area contributed by atoms with Crippen molar-refractivity contribution in [2.45, 2.75) is 6.92 Å². The van der Waals surface area contributed by atoms with Crippen LogP contribution >= 0.6 is 0 Å². The summed E-state index contributed by atoms with van der Waals surface area (Å²) in [5, 5.41) is 11.5. The second-order valence-corrected chi connectivity index (χ2v) is 9.32. The normalized spacial score (nSPS) is 11.1. The van der Waals surface area contributed by atoms with Crippen molar-refractivity contribution in [1.29, 1.82) is 0 Å². The van der Waals surface area contributed by atoms with Crippen LogP contribution in [0.2, 0.25) is 0 Å². The molecule has 0 saturated carbocycles. The molecule has 6 aromatic carbocycles. The second kappa shape index (κ2) is 9.95. The molecule has 0 unspecified atom stereocenters. The topological polar surface area (TPSA) is 25.8 Å². The van der Waals surface area contributed by atoms with Crippen LogP contribution in [0.5, 0.6) is 0 Å². The molecule has 2 aromatic heterocycles. The zero-order chi connectivity index (χ0) is 24.8. The van der Waals surface area contributed by atoms with E-state index < -0.39 is 0 Å². The minimum absolute atomic E-state index is 0. The van der Waals surface area contributed by atoms with Gasteiger partial charge in [0.25, 0.3) is 0 Å². The van der Waals surface area contributed by atoms with Crippen molar-refractivity contribution in [2.75, 3.05) is 0 Å². The molecule has 0 fully saturated rings. The second-order valence-electron chi connectivity index (χ2n) is 9.32. The van der Waals surface area contributed by atoms with Gasteiger partial charge in [0.2, 0.25) is 0 Å². The average molecular weight is 663 g/mol. The van der Waals surface area contributed by atoms with E-state index in [9.17, 15) is 0 Å². The van der Waals surface area contributed by atoms with Gasteiger partial charge in [-0.15, -0.1) is 59.5 Å². The first-order valence-corrected chi connectivity index (χ1v) is 12.4. The van der Waals surface area contributed by atoms with Crippen molar-refractivity contribution in [2.24, 2.45) is 0 Å². The predicted molar refractivity (Wildman–Crippen MR) is 155 cm³/mol. The first-order valence-electron chi connectivity index (χ1n) is 12.4. The molecule has 183 valence electrons. The third kappa shape index (κ3) is 3.92. The van der Waals surface area contributed by atoms with Gasteiger partial charge in [-0.1, -0.05) is 71.4 Å². The fraction of sp³-hybridized carbons (Fsp3) is 0.0286. The van der Waals surface area contributed by atoms with Crippen LogP contribution in [0.25, 0.3) is 65.3 Å². The van der Waals surface area contributed by atoms with Crippen LogP contribution in [0.15, 0.2) is 116 Å². The number of benzene rings is 6. The molecule has 0 aliphatic rings. The van der Waals surface area contributed by atoms with E-state index >= 15 is 0 Å². The van der Waals surface area contributed by atoms with Crippen molar-refractivity contribution < 1.29 is 20.1 Å². The molecule has 2 heterocycles. The fourth-order valence-corrected chi connectivity index (χ4v) is 5.44. The zero-order valence-electron chi connectivity index (χ0n) is 20.7. The monoisotopic (exact) mass is 663 g/mol. The summed E-state index contributed by atoms with van der Waals surface area (Å²) in [6.45, 7) is 2.10. The molecule has 2 nitrogen and oxygen atoms in total. The first-order chi connectivity index (χ1) is 18.3. The largest absolute Gasteiger partial charge is 0.305 e. The molecule has 38 heavy (non-hydrogen) atoms. The van der Waals surface area contributed by atoms with Gasteiger partial charge in [-0.3, -0.25) is 0 Å². The van der Waals surface area contributed by atoms with Gasteiger partial charge in [-0.25, -0.2) is 0 Å². The van der Waals surface area contributed by atoms with E-state index in [0.29, 0.717) is 0 Å². The van der Waals surface area contributed by atoms with Gasteiger partial charge in [0, 0.05) is 32.5 Å². The van der Waals surface area contributed by atoms with E-state index in [4.69, 9.17) is 4.98 Å². The number of rotatable bonds is 1. The Morgan fingerprint density at radius 2 is 1.29 bits per heavy atom. The Hall–Kier alpha value is -4.17. The quantitative estimate of drug-likeness (QED) is 0.0997. The fourth-order valence-electron chi connectivity index (χ4n) is 5.44. The Balaban J connectivity index is 0.000000172. The van der Waals surface area contributed by atoms with Crippen LogP contribution in [0.4, 0.5) is 0 Å². The smallest absolute Gasteiger partial charge is 0.0190 e. The number of pyridine rings is 2. The molecule has 1 radical (unpaired) electrons. The maximum atomic E-state index is 4.78. The predicted octanol–water partition coefficient (Wildman–Crippen LogP) is 8.94. The Bertz CT molecular complexity index is 2000.